The van der Waals surface area contributed by atoms with E-state index in [9.17, 15) is 4.79 Å². The summed E-state index contributed by atoms with van der Waals surface area (Å²) in [7, 11) is 0. The van der Waals surface area contributed by atoms with Gasteiger partial charge < -0.3 is 15.3 Å². The number of benzene rings is 1. The number of nitrogens with two attached hydrogens (primary N) is 1. The van der Waals surface area contributed by atoms with Gasteiger partial charge in [0.05, 0.1) is 10.7 Å². The van der Waals surface area contributed by atoms with Gasteiger partial charge >= 0.3 is 5.97 Å². The van der Waals surface area contributed by atoms with Crippen molar-refractivity contribution < 1.29 is 14.3 Å². The van der Waals surface area contributed by atoms with Crippen molar-refractivity contribution in [3.05, 3.63) is 29.0 Å². The zero-order valence-corrected chi connectivity index (χ0v) is 7.71. The van der Waals surface area contributed by atoms with Gasteiger partial charge in [-0.15, -0.1) is 0 Å². The fourth-order valence-electron chi connectivity index (χ4n) is 1.21. The van der Waals surface area contributed by atoms with E-state index in [1.54, 1.807) is 12.1 Å². The van der Waals surface area contributed by atoms with Crippen LogP contribution in [0.2, 0.25) is 5.02 Å². The molecule has 0 aliphatic rings. The quantitative estimate of drug-likeness (QED) is 0.710. The molecule has 5 heteroatoms. The zero-order valence-electron chi connectivity index (χ0n) is 6.95. The number of furan rings is 1. The molecule has 0 aliphatic carbocycles. The van der Waals surface area contributed by atoms with Gasteiger partial charge in [-0.1, -0.05) is 11.6 Å². The van der Waals surface area contributed by atoms with Crippen LogP contribution in [-0.2, 0) is 0 Å². The molecule has 3 N–H and O–H groups in total. The lowest BCUT2D eigenvalue weighted by atomic mass is 10.2. The lowest BCUT2D eigenvalue weighted by Crippen LogP contribution is -1.91. The molecule has 4 nitrogen and oxygen atoms in total. The van der Waals surface area contributed by atoms with Crippen molar-refractivity contribution >= 4 is 34.2 Å². The maximum Gasteiger partial charge on any atom is 0.371 e. The molecule has 2 rings (SSSR count). The summed E-state index contributed by atoms with van der Waals surface area (Å²) >= 11 is 5.76. The molecule has 14 heavy (non-hydrogen) atoms. The van der Waals surface area contributed by atoms with E-state index in [-0.39, 0.29) is 5.76 Å². The molecule has 0 saturated heterocycles. The summed E-state index contributed by atoms with van der Waals surface area (Å²) in [5.41, 5.74) is 6.40. The van der Waals surface area contributed by atoms with E-state index in [1.807, 2.05) is 0 Å². The molecular formula is C9H6ClNO3. The number of carboxylic acid groups (broad SMARTS) is 1. The molecule has 0 fully saturated rings. The standard InChI is InChI=1S/C9H6ClNO3/c10-5-1-2-6-4(8(5)11)3-7(14-6)9(12)13/h1-3H,11H2,(H,12,13). The zero-order chi connectivity index (χ0) is 10.3. The number of hydrogen-bond acceptors (Lipinski definition) is 3. The number of anilines is 1. The Labute approximate surface area is 83.9 Å². The second-order valence-electron chi connectivity index (χ2n) is 2.79. The van der Waals surface area contributed by atoms with Crippen LogP contribution in [0.1, 0.15) is 10.6 Å². The van der Waals surface area contributed by atoms with Crippen LogP contribution in [0, 0.1) is 0 Å². The average molecular weight is 212 g/mol. The number of halogens is 1. The Bertz CT molecular complexity index is 518. The predicted molar refractivity (Wildman–Crippen MR) is 52.6 cm³/mol. The number of aromatic carboxylic acids is 1. The molecule has 0 saturated carbocycles. The van der Waals surface area contributed by atoms with Crippen molar-refractivity contribution in [3.8, 4) is 0 Å². The lowest BCUT2D eigenvalue weighted by molar-refractivity contribution is 0.0665. The molecule has 72 valence electrons. The van der Waals surface area contributed by atoms with Crippen LogP contribution < -0.4 is 5.73 Å². The van der Waals surface area contributed by atoms with Crippen molar-refractivity contribution in [2.75, 3.05) is 5.73 Å². The first-order valence-electron chi connectivity index (χ1n) is 3.80. The van der Waals surface area contributed by atoms with E-state index in [4.69, 9.17) is 26.9 Å². The monoisotopic (exact) mass is 211 g/mol. The van der Waals surface area contributed by atoms with Gasteiger partial charge in [0.25, 0.3) is 0 Å². The summed E-state index contributed by atoms with van der Waals surface area (Å²) in [6.07, 6.45) is 0. The van der Waals surface area contributed by atoms with Crippen LogP contribution in [0.15, 0.2) is 22.6 Å². The second-order valence-corrected chi connectivity index (χ2v) is 3.20. The largest absolute Gasteiger partial charge is 0.475 e. The molecule has 0 atom stereocenters. The first kappa shape index (κ1) is 8.90. The SMILES string of the molecule is Nc1c(Cl)ccc2oc(C(=O)O)cc12. The van der Waals surface area contributed by atoms with Gasteiger partial charge in [-0.05, 0) is 12.1 Å². The van der Waals surface area contributed by atoms with Crippen LogP contribution in [0.5, 0.6) is 0 Å². The second kappa shape index (κ2) is 2.92. The summed E-state index contributed by atoms with van der Waals surface area (Å²) in [4.78, 5) is 10.6. The van der Waals surface area contributed by atoms with Crippen LogP contribution in [0.25, 0.3) is 11.0 Å². The Balaban J connectivity index is 2.77. The van der Waals surface area contributed by atoms with E-state index in [2.05, 4.69) is 0 Å². The van der Waals surface area contributed by atoms with E-state index < -0.39 is 5.97 Å². The minimum Gasteiger partial charge on any atom is -0.475 e. The van der Waals surface area contributed by atoms with Gasteiger partial charge in [0.1, 0.15) is 5.58 Å². The van der Waals surface area contributed by atoms with E-state index in [0.717, 1.165) is 0 Å². The fraction of sp³-hybridized carbons (Fsp3) is 0. The highest BCUT2D eigenvalue weighted by Crippen LogP contribution is 2.30. The smallest absolute Gasteiger partial charge is 0.371 e. The summed E-state index contributed by atoms with van der Waals surface area (Å²) in [6.45, 7) is 0. The van der Waals surface area contributed by atoms with Crippen molar-refractivity contribution in [1.82, 2.24) is 0 Å². The van der Waals surface area contributed by atoms with Crippen molar-refractivity contribution in [1.29, 1.82) is 0 Å². The number of nitrogen functional groups attached to an aromatic ring is 1. The minimum atomic E-state index is -1.13. The normalized spacial score (nSPS) is 10.6. The number of hydrogen-bond donors (Lipinski definition) is 2. The summed E-state index contributed by atoms with van der Waals surface area (Å²) in [5.74, 6) is -1.27. The summed E-state index contributed by atoms with van der Waals surface area (Å²) < 4.78 is 5.03. The molecule has 2 aromatic rings. The van der Waals surface area contributed by atoms with Crippen molar-refractivity contribution in [2.45, 2.75) is 0 Å². The minimum absolute atomic E-state index is 0.144. The van der Waals surface area contributed by atoms with Gasteiger partial charge in [-0.3, -0.25) is 0 Å². The molecule has 0 unspecified atom stereocenters. The summed E-state index contributed by atoms with van der Waals surface area (Å²) in [6, 6.07) is 4.51. The molecule has 1 aromatic carbocycles. The number of carboxylic acids is 1. The third kappa shape index (κ3) is 1.20. The van der Waals surface area contributed by atoms with Gasteiger partial charge in [0.2, 0.25) is 5.76 Å². The molecule has 0 amide bonds. The molecule has 0 aliphatic heterocycles. The van der Waals surface area contributed by atoms with Gasteiger partial charge in [-0.25, -0.2) is 4.79 Å². The molecule has 0 radical (unpaired) electrons. The highest BCUT2D eigenvalue weighted by Gasteiger charge is 2.13. The third-order valence-electron chi connectivity index (χ3n) is 1.90. The Hall–Kier alpha value is -1.68. The van der Waals surface area contributed by atoms with Crippen molar-refractivity contribution in [2.24, 2.45) is 0 Å². The van der Waals surface area contributed by atoms with Crippen LogP contribution >= 0.6 is 11.6 Å². The van der Waals surface area contributed by atoms with Gasteiger partial charge in [0.15, 0.2) is 0 Å². The van der Waals surface area contributed by atoms with E-state index in [1.165, 1.54) is 6.07 Å². The van der Waals surface area contributed by atoms with E-state index in [0.29, 0.717) is 21.7 Å². The maximum absolute atomic E-state index is 10.6. The van der Waals surface area contributed by atoms with Gasteiger partial charge in [0, 0.05) is 11.5 Å². The number of rotatable bonds is 1. The molecular weight excluding hydrogens is 206 g/mol. The van der Waals surface area contributed by atoms with Gasteiger partial charge in [-0.2, -0.15) is 0 Å². The average Bonchev–Trinajstić information content (AvgIpc) is 2.56. The van der Waals surface area contributed by atoms with Crippen LogP contribution in [-0.4, -0.2) is 11.1 Å². The highest BCUT2D eigenvalue weighted by atomic mass is 35.5. The Kier molecular flexibility index (Phi) is 1.86. The van der Waals surface area contributed by atoms with E-state index >= 15 is 0 Å². The molecule has 1 heterocycles. The van der Waals surface area contributed by atoms with Crippen LogP contribution in [0.3, 0.4) is 0 Å². The van der Waals surface area contributed by atoms with Crippen molar-refractivity contribution in [3.63, 3.8) is 0 Å². The topological polar surface area (TPSA) is 76.5 Å². The Morgan fingerprint density at radius 2 is 2.21 bits per heavy atom. The molecule has 0 spiro atoms. The highest BCUT2D eigenvalue weighted by molar-refractivity contribution is 6.34. The third-order valence-corrected chi connectivity index (χ3v) is 2.23. The lowest BCUT2D eigenvalue weighted by Gasteiger charge is -1.96. The Morgan fingerprint density at radius 1 is 1.50 bits per heavy atom. The fourth-order valence-corrected chi connectivity index (χ4v) is 1.38. The molecule has 0 bridgehead atoms. The Morgan fingerprint density at radius 3 is 2.86 bits per heavy atom. The van der Waals surface area contributed by atoms with Crippen LogP contribution in [0.4, 0.5) is 5.69 Å². The molecule has 1 aromatic heterocycles. The first-order chi connectivity index (χ1) is 6.59. The number of carbonyl (C=O) groups is 1. The maximum atomic E-state index is 10.6. The number of fused-ring (bicyclic) bond motifs is 1. The first-order valence-corrected chi connectivity index (χ1v) is 4.18. The predicted octanol–water partition coefficient (Wildman–Crippen LogP) is 2.37. The summed E-state index contributed by atoms with van der Waals surface area (Å²) in [5, 5.41) is 9.59.